The van der Waals surface area contributed by atoms with Crippen LogP contribution < -0.4 is 76.1 Å². The van der Waals surface area contributed by atoms with Crippen LogP contribution in [0.5, 0.6) is 28.7 Å². The number of halogens is 7. The number of ether oxygens (including phenoxy) is 6. The van der Waals surface area contributed by atoms with Crippen LogP contribution >= 0.6 is 47.8 Å². The molecule has 654 valence electrons. The van der Waals surface area contributed by atoms with E-state index in [1.165, 1.54) is 94.6 Å². The number of hydrogen-bond acceptors (Lipinski definition) is 22. The molecule has 5 aliphatic rings. The number of aliphatic hydroxyl groups excluding tert-OH is 1. The van der Waals surface area contributed by atoms with Crippen LogP contribution in [0.1, 0.15) is 215 Å². The Labute approximate surface area is 780 Å². The molecule has 0 unspecified atom stereocenters. The first-order valence-corrected chi connectivity index (χ1v) is 41.8. The maximum absolute atomic E-state index is 11.9. The Balaban J connectivity index is 0.000000376. The van der Waals surface area contributed by atoms with E-state index in [-0.39, 0.29) is 124 Å². The molecule has 0 aromatic heterocycles. The molecule has 36 heteroatoms. The number of phenols is 1. The monoisotopic (exact) mass is 1970 g/mol. The van der Waals surface area contributed by atoms with Crippen molar-refractivity contribution in [2.75, 3.05) is 34.2 Å². The van der Waals surface area contributed by atoms with E-state index < -0.39 is 44.6 Å². The average Bonchev–Trinajstić information content (AvgIpc) is 1.58. The van der Waals surface area contributed by atoms with E-state index in [1.54, 1.807) is 31.2 Å². The number of methoxy groups -OCH3 is 2. The van der Waals surface area contributed by atoms with E-state index in [1.807, 2.05) is 97.1 Å². The van der Waals surface area contributed by atoms with Crippen LogP contribution in [-0.4, -0.2) is 89.7 Å². The molecule has 0 saturated heterocycles. The zero-order valence-corrected chi connectivity index (χ0v) is 77.6. The summed E-state index contributed by atoms with van der Waals surface area (Å²) >= 11 is 9.70. The summed E-state index contributed by atoms with van der Waals surface area (Å²) in [5, 5.41) is 55.8. The van der Waals surface area contributed by atoms with E-state index in [0.717, 1.165) is 122 Å². The number of nitro benzene ring substituents is 4. The molecule has 121 heavy (non-hydrogen) atoms. The molecule has 0 bridgehead atoms. The van der Waals surface area contributed by atoms with E-state index in [4.69, 9.17) is 31.2 Å². The number of nitro groups is 4. The molecule has 8 aromatic carbocycles. The average molecular weight is 1970 g/mol. The number of benzene rings is 8. The van der Waals surface area contributed by atoms with E-state index in [9.17, 15) is 80.6 Å². The van der Waals surface area contributed by atoms with E-state index in [2.05, 4.69) is 82.4 Å². The van der Waals surface area contributed by atoms with Gasteiger partial charge in [0.1, 0.15) is 48.6 Å². The van der Waals surface area contributed by atoms with Crippen molar-refractivity contribution in [2.45, 2.75) is 197 Å². The van der Waals surface area contributed by atoms with Crippen molar-refractivity contribution in [2.24, 2.45) is 0 Å². The maximum Gasteiger partial charge on any atom is 1.00 e. The third-order valence-corrected chi connectivity index (χ3v) is 23.2. The number of anilines is 1. The topological polar surface area (TPSA) is 393 Å². The number of phenolic OH excluding ortho intramolecular Hbond substituents is 1. The number of nitrogens with two attached hydrogens (primary N) is 1. The van der Waals surface area contributed by atoms with Crippen molar-refractivity contribution >= 4 is 98.6 Å². The number of alkyl halides is 3. The van der Waals surface area contributed by atoms with Crippen molar-refractivity contribution in [1.29, 1.82) is 0 Å². The zero-order valence-electron chi connectivity index (χ0n) is 68.8. The number of carbonyl (C=O) groups excluding carboxylic acids is 2. The number of nitrogens with zero attached hydrogens (tertiary/aromatic N) is 4. The Bertz CT molecular complexity index is 4670. The van der Waals surface area contributed by atoms with Crippen LogP contribution in [0.2, 0.25) is 0 Å². The van der Waals surface area contributed by atoms with Gasteiger partial charge >= 0.3 is 79.0 Å². The molecule has 0 spiro atoms. The molecular formula is C85H99Br3F4FeKN5O21S. The number of aliphatic hydroxyl groups is 1. The molecular weight excluding hydrogens is 1870 g/mol. The molecule has 0 heterocycles. The van der Waals surface area contributed by atoms with Gasteiger partial charge in [-0.1, -0.05) is 165 Å². The van der Waals surface area contributed by atoms with Gasteiger partial charge in [0.25, 0.3) is 22.7 Å². The van der Waals surface area contributed by atoms with Gasteiger partial charge in [0.05, 0.1) is 80.1 Å². The Kier molecular flexibility index (Phi) is 47.2. The summed E-state index contributed by atoms with van der Waals surface area (Å²) in [5.41, 5.74) is 17.2. The first-order valence-electron chi connectivity index (χ1n) is 38.8. The summed E-state index contributed by atoms with van der Waals surface area (Å²) < 4.78 is 102. The van der Waals surface area contributed by atoms with Crippen molar-refractivity contribution in [3.63, 3.8) is 0 Å². The van der Waals surface area contributed by atoms with Crippen LogP contribution in [0.4, 0.5) is 50.3 Å². The fourth-order valence-electron chi connectivity index (χ4n) is 14.5. The van der Waals surface area contributed by atoms with Crippen molar-refractivity contribution in [3.05, 3.63) is 261 Å². The Morgan fingerprint density at radius 2 is 0.760 bits per heavy atom. The second-order valence-corrected chi connectivity index (χ2v) is 32.2. The maximum atomic E-state index is 11.9. The Morgan fingerprint density at radius 3 is 1.07 bits per heavy atom. The molecule has 0 atom stereocenters. The van der Waals surface area contributed by atoms with Crippen molar-refractivity contribution in [3.8, 4) is 28.7 Å². The van der Waals surface area contributed by atoms with Crippen molar-refractivity contribution < 1.29 is 169 Å². The summed E-state index contributed by atoms with van der Waals surface area (Å²) in [5.74, 6) is 2.19. The van der Waals surface area contributed by atoms with Gasteiger partial charge in [-0.25, -0.2) is 9.59 Å². The number of aryl methyl sites for hydroxylation is 2. The molecule has 0 radical (unpaired) electrons. The second-order valence-electron chi connectivity index (χ2n) is 28.2. The molecule has 13 rings (SSSR count). The van der Waals surface area contributed by atoms with Gasteiger partial charge in [-0.2, -0.15) is 17.2 Å². The fourth-order valence-corrected chi connectivity index (χ4v) is 16.3. The predicted octanol–water partition coefficient (Wildman–Crippen LogP) is 20.5. The van der Waals surface area contributed by atoms with Gasteiger partial charge in [0.15, 0.2) is 0 Å². The Hall–Kier alpha value is -7.71. The van der Waals surface area contributed by atoms with Crippen LogP contribution in [0.15, 0.2) is 165 Å². The zero-order chi connectivity index (χ0) is 87.5. The van der Waals surface area contributed by atoms with Crippen LogP contribution in [0.25, 0.3) is 0 Å². The van der Waals surface area contributed by atoms with Gasteiger partial charge < -0.3 is 49.8 Å². The van der Waals surface area contributed by atoms with Crippen LogP contribution in [0.3, 0.4) is 0 Å². The molecule has 0 aliphatic heterocycles. The molecule has 5 aliphatic carbocycles. The smallest absolute Gasteiger partial charge is 0.870 e. The molecule has 26 nitrogen and oxygen atoms in total. The third-order valence-electron chi connectivity index (χ3n) is 20.5. The van der Waals surface area contributed by atoms with Gasteiger partial charge in [0, 0.05) is 41.5 Å². The molecule has 5 fully saturated rings. The normalized spacial score (nSPS) is 14.3. The largest absolute Gasteiger partial charge is 1.00 e. The van der Waals surface area contributed by atoms with Gasteiger partial charge in [-0.05, 0) is 230 Å². The number of aromatic hydroxyl groups is 1. The summed E-state index contributed by atoms with van der Waals surface area (Å²) in [6, 6.07) is 47.1. The molecule has 8 aromatic rings. The molecule has 0 amide bonds. The number of hydrogen-bond donors (Lipinski definition) is 3. The minimum Gasteiger partial charge on any atom is -0.870 e. The van der Waals surface area contributed by atoms with Crippen LogP contribution in [0, 0.1) is 54.3 Å². The van der Waals surface area contributed by atoms with Gasteiger partial charge in [-0.15, -0.1) is 0 Å². The van der Waals surface area contributed by atoms with Crippen LogP contribution in [-0.2, 0) is 61.4 Å². The first kappa shape index (κ1) is 106. The standard InChI is InChI=1S/C19H21NO3.C19H23NO.C18H18BrNO3.C13H14BrNO5.C11H12BrNO3.C3H3F3O4S.CH3F.CH4O.Fe.K.H2O/c1-14-11-17(16-9-5-6-10-16)19(12-18(14)20(21)22)23-13-15-7-3-2-4-8-15;1-14-11-17(16-9-5-6-10-16)19(12-18(14)20)21-13-15-7-3-2-4-8-15;19-16-10-15(14-8-4-5-9-14)18(11-17(16)20(21)22)23-12-13-6-2-1-3-7-13;1-19-13(16)20-12-7-11(15(17)18)10(14)6-9(12)8-4-2-3-5-8;12-9-5-8(7-3-1-2-4-7)11(14)6-10(9)13(15)16;1-10-2(7)3(4,5)11(6,8)9;2*1-2;;;/h2-4,7-8,11-12,16H,5-6,9-10,13H2,1H3;2-4,7-8,11-12,16H,5-6,9-10,13,20H2,1H3;1-3,6-7,10-11,14H,4-5,8-9,12H2;6-8H,2-5H2,1H3;5-7,14H,1-4H2;1H3;1H3;2H,1H3;;;1H2/q;;;;;;;;;+1;/p-1/i;;;;;;1D;;;;. The summed E-state index contributed by atoms with van der Waals surface area (Å²) in [6.07, 6.45) is 22.3. The fraction of sp³-hybridized carbons (Fsp3) is 0.412. The summed E-state index contributed by atoms with van der Waals surface area (Å²) in [7, 11) is -4.51. The molecule has 5 saturated carbocycles. The van der Waals surface area contributed by atoms with Gasteiger partial charge in [-0.3, -0.25) is 44.8 Å². The van der Waals surface area contributed by atoms with E-state index >= 15 is 0 Å². The quantitative estimate of drug-likeness (QED) is 0.00879. The van der Waals surface area contributed by atoms with Crippen molar-refractivity contribution in [1.82, 2.24) is 0 Å². The third kappa shape index (κ3) is 32.4. The van der Waals surface area contributed by atoms with Gasteiger partial charge in [0.2, 0.25) is 0 Å². The predicted molar refractivity (Wildman–Crippen MR) is 453 cm³/mol. The number of rotatable bonds is 21. The summed E-state index contributed by atoms with van der Waals surface area (Å²) in [4.78, 5) is 63.5. The second kappa shape index (κ2) is 54.1. The minimum absolute atomic E-state index is 0. The number of nitrogen functional groups attached to an aromatic ring is 1. The van der Waals surface area contributed by atoms with E-state index in [0.29, 0.717) is 81.1 Å². The number of esters is 1. The molecule has 5 N–H and O–H groups in total. The SMILES string of the molecule is CO.COC(=O)C(F)(F)S(=O)(=O)F.COC(=O)Oc1cc([N+](=O)[O-])c(Br)cc1C1CCCC1.Cc1cc(C2CCCC2)c(OCc2ccccc2)cc1N.Cc1cc(C2CCCC2)c(OCc2ccccc2)cc1[N+](=O)[O-].O=[N+]([O-])c1cc(O)c(C2CCCC2)cc1Br.O=[N+]([O-])c1cc(OCc2ccccc2)c(C2CCCC2)cc1Br.[2H]CF.[Fe].[K+].[OH-]. The summed E-state index contributed by atoms with van der Waals surface area (Å²) in [6.45, 7) is 5.33. The first-order chi connectivity index (χ1) is 56.8. The Morgan fingerprint density at radius 1 is 0.488 bits per heavy atom. The minimum atomic E-state index is -6.22. The number of carbonyl (C=O) groups is 2.